The molecule has 1 rings (SSSR count). The molecule has 0 unspecified atom stereocenters. The van der Waals surface area contributed by atoms with E-state index in [1.807, 2.05) is 6.92 Å². The number of hydrogen-bond donors (Lipinski definition) is 0. The molecular formula is C6H8N2O2. The number of nitrogens with zero attached hydrogens (tertiary/aromatic N) is 2. The molecule has 0 fully saturated rings. The Bertz CT molecular complexity index is 242. The zero-order chi connectivity index (χ0) is 7.56. The van der Waals surface area contributed by atoms with Crippen LogP contribution in [0.2, 0.25) is 0 Å². The fraction of sp³-hybridized carbons (Fsp3) is 0.500. The standard InChI is InChI=1S/C6H8N2O2/c1-3-5-6(4(2)9)8-10-7-5/h3H2,1-2H3. The lowest BCUT2D eigenvalue weighted by atomic mass is 10.2. The van der Waals surface area contributed by atoms with Crippen molar-refractivity contribution in [1.82, 2.24) is 10.3 Å². The van der Waals surface area contributed by atoms with Crippen molar-refractivity contribution in [1.29, 1.82) is 0 Å². The number of rotatable bonds is 2. The molecule has 0 saturated carbocycles. The molecule has 0 aliphatic heterocycles. The van der Waals surface area contributed by atoms with E-state index in [0.29, 0.717) is 17.8 Å². The Morgan fingerprint density at radius 1 is 1.60 bits per heavy atom. The Balaban J connectivity index is 3.01. The maximum Gasteiger partial charge on any atom is 0.183 e. The molecule has 1 aromatic rings. The first-order valence-electron chi connectivity index (χ1n) is 3.08. The molecule has 0 spiro atoms. The summed E-state index contributed by atoms with van der Waals surface area (Å²) < 4.78 is 4.38. The zero-order valence-corrected chi connectivity index (χ0v) is 5.92. The minimum absolute atomic E-state index is 0.0990. The van der Waals surface area contributed by atoms with Crippen molar-refractivity contribution in [3.63, 3.8) is 0 Å². The maximum atomic E-state index is 10.7. The summed E-state index contributed by atoms with van der Waals surface area (Å²) >= 11 is 0. The van der Waals surface area contributed by atoms with Crippen LogP contribution in [0.1, 0.15) is 30.0 Å². The van der Waals surface area contributed by atoms with Crippen molar-refractivity contribution in [2.75, 3.05) is 0 Å². The average Bonchev–Trinajstić information content (AvgIpc) is 2.33. The van der Waals surface area contributed by atoms with Gasteiger partial charge in [-0.15, -0.1) is 0 Å². The van der Waals surface area contributed by atoms with Gasteiger partial charge in [0, 0.05) is 6.92 Å². The van der Waals surface area contributed by atoms with Gasteiger partial charge in [0.05, 0.1) is 0 Å². The number of aryl methyl sites for hydroxylation is 1. The highest BCUT2D eigenvalue weighted by molar-refractivity contribution is 5.92. The van der Waals surface area contributed by atoms with E-state index in [0.717, 1.165) is 0 Å². The van der Waals surface area contributed by atoms with Crippen LogP contribution >= 0.6 is 0 Å². The van der Waals surface area contributed by atoms with Crippen LogP contribution in [0.3, 0.4) is 0 Å². The van der Waals surface area contributed by atoms with Gasteiger partial charge in [-0.2, -0.15) is 0 Å². The second-order valence-corrected chi connectivity index (χ2v) is 1.97. The summed E-state index contributed by atoms with van der Waals surface area (Å²) in [7, 11) is 0. The van der Waals surface area contributed by atoms with Crippen LogP contribution in [0.5, 0.6) is 0 Å². The van der Waals surface area contributed by atoms with E-state index in [1.165, 1.54) is 6.92 Å². The first-order chi connectivity index (χ1) is 4.75. The number of hydrogen-bond acceptors (Lipinski definition) is 4. The first kappa shape index (κ1) is 6.92. The number of carbonyl (C=O) groups excluding carboxylic acids is 1. The van der Waals surface area contributed by atoms with Crippen molar-refractivity contribution in [3.8, 4) is 0 Å². The van der Waals surface area contributed by atoms with Gasteiger partial charge < -0.3 is 0 Å². The molecule has 0 atom stereocenters. The molecular weight excluding hydrogens is 132 g/mol. The van der Waals surface area contributed by atoms with Gasteiger partial charge in [-0.3, -0.25) is 4.79 Å². The second kappa shape index (κ2) is 2.60. The highest BCUT2D eigenvalue weighted by Gasteiger charge is 2.11. The summed E-state index contributed by atoms with van der Waals surface area (Å²) in [6.45, 7) is 3.34. The number of carbonyl (C=O) groups is 1. The third-order valence-electron chi connectivity index (χ3n) is 1.22. The van der Waals surface area contributed by atoms with Gasteiger partial charge in [-0.1, -0.05) is 12.1 Å². The van der Waals surface area contributed by atoms with Gasteiger partial charge in [-0.25, -0.2) is 4.63 Å². The van der Waals surface area contributed by atoms with Crippen LogP contribution in [-0.2, 0) is 6.42 Å². The van der Waals surface area contributed by atoms with Gasteiger partial charge in [-0.05, 0) is 11.6 Å². The van der Waals surface area contributed by atoms with Gasteiger partial charge in [0.15, 0.2) is 11.5 Å². The number of Topliss-reactive ketones (excluding diaryl/α,β-unsaturated/α-hetero) is 1. The Morgan fingerprint density at radius 2 is 2.30 bits per heavy atom. The predicted molar refractivity (Wildman–Crippen MR) is 33.7 cm³/mol. The largest absolute Gasteiger partial charge is 0.293 e. The lowest BCUT2D eigenvalue weighted by molar-refractivity contribution is 0.100. The molecule has 0 N–H and O–H groups in total. The quantitative estimate of drug-likeness (QED) is 0.571. The van der Waals surface area contributed by atoms with Crippen LogP contribution in [0.15, 0.2) is 4.63 Å². The Hall–Kier alpha value is -1.19. The van der Waals surface area contributed by atoms with Gasteiger partial charge in [0.25, 0.3) is 0 Å². The Kier molecular flexibility index (Phi) is 1.80. The fourth-order valence-electron chi connectivity index (χ4n) is 0.706. The molecule has 1 aromatic heterocycles. The number of aromatic nitrogens is 2. The van der Waals surface area contributed by atoms with E-state index in [4.69, 9.17) is 0 Å². The molecule has 0 aromatic carbocycles. The maximum absolute atomic E-state index is 10.7. The third-order valence-corrected chi connectivity index (χ3v) is 1.22. The van der Waals surface area contributed by atoms with E-state index >= 15 is 0 Å². The van der Waals surface area contributed by atoms with E-state index in [1.54, 1.807) is 0 Å². The lowest BCUT2D eigenvalue weighted by Gasteiger charge is -1.85. The van der Waals surface area contributed by atoms with Crippen molar-refractivity contribution in [2.45, 2.75) is 20.3 Å². The van der Waals surface area contributed by atoms with Gasteiger partial charge in [0.1, 0.15) is 5.69 Å². The fourth-order valence-corrected chi connectivity index (χ4v) is 0.706. The summed E-state index contributed by atoms with van der Waals surface area (Å²) in [6.07, 6.45) is 0.679. The van der Waals surface area contributed by atoms with E-state index in [9.17, 15) is 4.79 Å². The van der Waals surface area contributed by atoms with Gasteiger partial charge >= 0.3 is 0 Å². The molecule has 54 valence electrons. The van der Waals surface area contributed by atoms with Crippen molar-refractivity contribution >= 4 is 5.78 Å². The lowest BCUT2D eigenvalue weighted by Crippen LogP contribution is -1.97. The minimum Gasteiger partial charge on any atom is -0.293 e. The summed E-state index contributed by atoms with van der Waals surface area (Å²) in [5, 5.41) is 7.00. The molecule has 0 aliphatic rings. The number of ketones is 1. The van der Waals surface area contributed by atoms with Crippen molar-refractivity contribution < 1.29 is 9.42 Å². The molecule has 1 heterocycles. The molecule has 0 aliphatic carbocycles. The van der Waals surface area contributed by atoms with Crippen LogP contribution in [-0.4, -0.2) is 16.1 Å². The van der Waals surface area contributed by atoms with Crippen molar-refractivity contribution in [2.24, 2.45) is 0 Å². The average molecular weight is 140 g/mol. The van der Waals surface area contributed by atoms with E-state index < -0.39 is 0 Å². The van der Waals surface area contributed by atoms with Gasteiger partial charge in [0.2, 0.25) is 0 Å². The second-order valence-electron chi connectivity index (χ2n) is 1.97. The topological polar surface area (TPSA) is 56.0 Å². The molecule has 0 radical (unpaired) electrons. The zero-order valence-electron chi connectivity index (χ0n) is 5.92. The van der Waals surface area contributed by atoms with Crippen LogP contribution in [0.4, 0.5) is 0 Å². The normalized spacial score (nSPS) is 9.80. The Labute approximate surface area is 58.2 Å². The summed E-state index contributed by atoms with van der Waals surface area (Å²) in [5.41, 5.74) is 0.981. The SMILES string of the molecule is CCc1nonc1C(C)=O. The predicted octanol–water partition coefficient (Wildman–Crippen LogP) is 0.835. The highest BCUT2D eigenvalue weighted by Crippen LogP contribution is 2.02. The van der Waals surface area contributed by atoms with E-state index in [2.05, 4.69) is 14.9 Å². The summed E-state index contributed by atoms with van der Waals surface area (Å²) in [6, 6.07) is 0. The summed E-state index contributed by atoms with van der Waals surface area (Å²) in [5.74, 6) is -0.0990. The monoisotopic (exact) mass is 140 g/mol. The molecule has 0 bridgehead atoms. The van der Waals surface area contributed by atoms with Crippen LogP contribution in [0.25, 0.3) is 0 Å². The molecule has 0 amide bonds. The third kappa shape index (κ3) is 1.05. The minimum atomic E-state index is -0.0990. The Morgan fingerprint density at radius 3 is 2.70 bits per heavy atom. The molecule has 10 heavy (non-hydrogen) atoms. The summed E-state index contributed by atoms with van der Waals surface area (Å²) in [4.78, 5) is 10.7. The van der Waals surface area contributed by atoms with E-state index in [-0.39, 0.29) is 5.78 Å². The van der Waals surface area contributed by atoms with Crippen LogP contribution in [0, 0.1) is 0 Å². The van der Waals surface area contributed by atoms with Crippen LogP contribution < -0.4 is 0 Å². The molecule has 4 nitrogen and oxygen atoms in total. The van der Waals surface area contributed by atoms with Crippen molar-refractivity contribution in [3.05, 3.63) is 11.4 Å². The first-order valence-corrected chi connectivity index (χ1v) is 3.08. The molecule has 4 heteroatoms. The smallest absolute Gasteiger partial charge is 0.183 e. The highest BCUT2D eigenvalue weighted by atomic mass is 16.6. The molecule has 0 saturated heterocycles.